The van der Waals surface area contributed by atoms with Gasteiger partial charge in [-0.25, -0.2) is 0 Å². The summed E-state index contributed by atoms with van der Waals surface area (Å²) in [5.74, 6) is 0.0576. The summed E-state index contributed by atoms with van der Waals surface area (Å²) in [5, 5.41) is 3.99. The Hall–Kier alpha value is -1.77. The number of hydrogen-bond acceptors (Lipinski definition) is 2. The first-order chi connectivity index (χ1) is 9.04. The van der Waals surface area contributed by atoms with Gasteiger partial charge in [0.1, 0.15) is 5.58 Å². The van der Waals surface area contributed by atoms with Gasteiger partial charge >= 0.3 is 0 Å². The number of carbonyl (C=O) groups is 1. The van der Waals surface area contributed by atoms with Gasteiger partial charge in [-0.1, -0.05) is 13.0 Å². The maximum Gasteiger partial charge on any atom is 0.224 e. The van der Waals surface area contributed by atoms with Gasteiger partial charge in [-0.2, -0.15) is 0 Å². The van der Waals surface area contributed by atoms with Gasteiger partial charge in [0.2, 0.25) is 5.91 Å². The van der Waals surface area contributed by atoms with E-state index in [1.54, 1.807) is 6.26 Å². The van der Waals surface area contributed by atoms with Crippen molar-refractivity contribution in [1.82, 2.24) is 5.32 Å². The van der Waals surface area contributed by atoms with Crippen LogP contribution in [0.25, 0.3) is 11.0 Å². The lowest BCUT2D eigenvalue weighted by Crippen LogP contribution is -2.25. The molecule has 1 heterocycles. The molecule has 3 nitrogen and oxygen atoms in total. The van der Waals surface area contributed by atoms with Crippen LogP contribution in [0.2, 0.25) is 0 Å². The molecule has 102 valence electrons. The van der Waals surface area contributed by atoms with Crippen molar-refractivity contribution in [3.63, 3.8) is 0 Å². The Bertz CT molecular complexity index is 611. The highest BCUT2D eigenvalue weighted by Gasteiger charge is 2.14. The molecule has 0 saturated carbocycles. The van der Waals surface area contributed by atoms with E-state index in [0.29, 0.717) is 6.42 Å². The fraction of sp³-hybridized carbons (Fsp3) is 0.438. The predicted molar refractivity (Wildman–Crippen MR) is 77.4 cm³/mol. The predicted octanol–water partition coefficient (Wildman–Crippen LogP) is 3.43. The van der Waals surface area contributed by atoms with E-state index in [-0.39, 0.29) is 5.91 Å². The molecular weight excluding hydrogens is 238 g/mol. The second-order valence-corrected chi connectivity index (χ2v) is 5.13. The first-order valence-corrected chi connectivity index (χ1v) is 6.78. The van der Waals surface area contributed by atoms with E-state index >= 15 is 0 Å². The van der Waals surface area contributed by atoms with Crippen LogP contribution in [0.1, 0.15) is 35.6 Å². The molecule has 1 aromatic carbocycles. The molecule has 3 heteroatoms. The molecule has 0 saturated heterocycles. The summed E-state index contributed by atoms with van der Waals surface area (Å²) < 4.78 is 5.67. The largest absolute Gasteiger partial charge is 0.464 e. The van der Waals surface area contributed by atoms with Gasteiger partial charge in [0.15, 0.2) is 0 Å². The zero-order chi connectivity index (χ0) is 14.0. The van der Waals surface area contributed by atoms with Gasteiger partial charge in [-0.05, 0) is 43.9 Å². The molecular formula is C16H21NO2. The smallest absolute Gasteiger partial charge is 0.224 e. The van der Waals surface area contributed by atoms with Gasteiger partial charge in [0.25, 0.3) is 0 Å². The molecule has 0 fully saturated rings. The average molecular weight is 259 g/mol. The molecule has 1 N–H and O–H groups in total. The fourth-order valence-electron chi connectivity index (χ4n) is 2.42. The van der Waals surface area contributed by atoms with Gasteiger partial charge in [-0.15, -0.1) is 0 Å². The topological polar surface area (TPSA) is 42.2 Å². The third-order valence-corrected chi connectivity index (χ3v) is 3.55. The quantitative estimate of drug-likeness (QED) is 0.914. The average Bonchev–Trinajstić information content (AvgIpc) is 2.78. The molecule has 0 spiro atoms. The summed E-state index contributed by atoms with van der Waals surface area (Å²) in [5.41, 5.74) is 5.44. The molecule has 0 unspecified atom stereocenters. The van der Waals surface area contributed by atoms with Gasteiger partial charge < -0.3 is 9.73 Å². The van der Waals surface area contributed by atoms with Crippen LogP contribution >= 0.6 is 0 Å². The third kappa shape index (κ3) is 2.65. The fourth-order valence-corrected chi connectivity index (χ4v) is 2.42. The molecule has 2 rings (SSSR count). The lowest BCUT2D eigenvalue weighted by atomic mass is 9.99. The lowest BCUT2D eigenvalue weighted by molar-refractivity contribution is -0.120. The highest BCUT2D eigenvalue weighted by Crippen LogP contribution is 2.30. The number of fused-ring (bicyclic) bond motifs is 1. The van der Waals surface area contributed by atoms with Crippen LogP contribution in [0, 0.1) is 20.8 Å². The summed E-state index contributed by atoms with van der Waals surface area (Å²) >= 11 is 0. The second-order valence-electron chi connectivity index (χ2n) is 5.13. The first kappa shape index (κ1) is 13.7. The third-order valence-electron chi connectivity index (χ3n) is 3.55. The van der Waals surface area contributed by atoms with Gasteiger partial charge in [-0.3, -0.25) is 4.79 Å². The number of rotatable bonds is 4. The van der Waals surface area contributed by atoms with Gasteiger partial charge in [0.05, 0.1) is 12.7 Å². The second kappa shape index (κ2) is 5.47. The van der Waals surface area contributed by atoms with Crippen LogP contribution < -0.4 is 5.32 Å². The highest BCUT2D eigenvalue weighted by atomic mass is 16.3. The monoisotopic (exact) mass is 259 g/mol. The van der Waals surface area contributed by atoms with Crippen LogP contribution in [0.3, 0.4) is 0 Å². The Kier molecular flexibility index (Phi) is 3.93. The van der Waals surface area contributed by atoms with Crippen molar-refractivity contribution >= 4 is 16.9 Å². The van der Waals surface area contributed by atoms with Crippen molar-refractivity contribution < 1.29 is 9.21 Å². The van der Waals surface area contributed by atoms with Crippen molar-refractivity contribution in [1.29, 1.82) is 0 Å². The summed E-state index contributed by atoms with van der Waals surface area (Å²) in [6, 6.07) is 2.15. The summed E-state index contributed by atoms with van der Waals surface area (Å²) in [7, 11) is 0. The number of furan rings is 1. The molecule has 19 heavy (non-hydrogen) atoms. The number of nitrogens with one attached hydrogen (secondary N) is 1. The highest BCUT2D eigenvalue weighted by molar-refractivity contribution is 5.91. The SMILES string of the molecule is CCCNC(=O)Cc1coc2c(C)c(C)cc(C)c12. The van der Waals surface area contributed by atoms with Crippen LogP contribution in [0.15, 0.2) is 16.7 Å². The zero-order valence-electron chi connectivity index (χ0n) is 12.1. The molecule has 1 aromatic heterocycles. The first-order valence-electron chi connectivity index (χ1n) is 6.78. The minimum atomic E-state index is 0.0576. The normalized spacial score (nSPS) is 10.9. The van der Waals surface area contributed by atoms with Crippen molar-refractivity contribution in [2.24, 2.45) is 0 Å². The molecule has 0 aliphatic carbocycles. The van der Waals surface area contributed by atoms with E-state index < -0.39 is 0 Å². The molecule has 0 aliphatic heterocycles. The molecule has 0 bridgehead atoms. The van der Waals surface area contributed by atoms with Crippen molar-refractivity contribution in [2.45, 2.75) is 40.5 Å². The van der Waals surface area contributed by atoms with E-state index in [1.165, 1.54) is 11.1 Å². The number of benzene rings is 1. The molecule has 2 aromatic rings. The summed E-state index contributed by atoms with van der Waals surface area (Å²) in [6.45, 7) is 8.98. The Balaban J connectivity index is 2.35. The van der Waals surface area contributed by atoms with E-state index in [2.05, 4.69) is 32.2 Å². The molecule has 0 radical (unpaired) electrons. The van der Waals surface area contributed by atoms with Crippen LogP contribution in [0.5, 0.6) is 0 Å². The van der Waals surface area contributed by atoms with E-state index in [1.807, 2.05) is 6.92 Å². The molecule has 0 aliphatic rings. The van der Waals surface area contributed by atoms with Crippen LogP contribution in [0.4, 0.5) is 0 Å². The molecule has 1 amide bonds. The maximum absolute atomic E-state index is 11.8. The summed E-state index contributed by atoms with van der Waals surface area (Å²) in [4.78, 5) is 11.8. The minimum absolute atomic E-state index is 0.0576. The Labute approximate surface area is 114 Å². The Morgan fingerprint density at radius 3 is 2.68 bits per heavy atom. The van der Waals surface area contributed by atoms with Gasteiger partial charge in [0, 0.05) is 17.5 Å². The molecule has 0 atom stereocenters. The minimum Gasteiger partial charge on any atom is -0.464 e. The number of amides is 1. The van der Waals surface area contributed by atoms with Crippen molar-refractivity contribution in [3.8, 4) is 0 Å². The summed E-state index contributed by atoms with van der Waals surface area (Å²) in [6.07, 6.45) is 3.06. The van der Waals surface area contributed by atoms with Crippen LogP contribution in [-0.2, 0) is 11.2 Å². The Morgan fingerprint density at radius 2 is 2.00 bits per heavy atom. The number of hydrogen-bond donors (Lipinski definition) is 1. The van der Waals surface area contributed by atoms with E-state index in [4.69, 9.17) is 4.42 Å². The van der Waals surface area contributed by atoms with Crippen molar-refractivity contribution in [2.75, 3.05) is 6.54 Å². The standard InChI is InChI=1S/C16H21NO2/c1-5-6-17-14(18)8-13-9-19-16-12(4)10(2)7-11(3)15(13)16/h7,9H,5-6,8H2,1-4H3,(H,17,18). The zero-order valence-corrected chi connectivity index (χ0v) is 12.1. The Morgan fingerprint density at radius 1 is 1.26 bits per heavy atom. The van der Waals surface area contributed by atoms with E-state index in [0.717, 1.165) is 35.1 Å². The lowest BCUT2D eigenvalue weighted by Gasteiger charge is -2.06. The maximum atomic E-state index is 11.8. The van der Waals surface area contributed by atoms with Crippen LogP contribution in [-0.4, -0.2) is 12.5 Å². The van der Waals surface area contributed by atoms with E-state index in [9.17, 15) is 4.79 Å². The number of carbonyl (C=O) groups excluding carboxylic acids is 1. The van der Waals surface area contributed by atoms with Crippen molar-refractivity contribution in [3.05, 3.63) is 34.6 Å². The number of aryl methyl sites for hydroxylation is 3.